The van der Waals surface area contributed by atoms with Gasteiger partial charge < -0.3 is 9.90 Å². The molecule has 13 heavy (non-hydrogen) atoms. The van der Waals surface area contributed by atoms with E-state index in [1.54, 1.807) is 0 Å². The summed E-state index contributed by atoms with van der Waals surface area (Å²) < 4.78 is 0. The van der Waals surface area contributed by atoms with Crippen LogP contribution in [0.2, 0.25) is 0 Å². The Balaban J connectivity index is 0.00000144. The molecular weight excluding hydrogens is 175 g/mol. The third kappa shape index (κ3) is 4.01. The van der Waals surface area contributed by atoms with Crippen molar-refractivity contribution in [3.05, 3.63) is 0 Å². The van der Waals surface area contributed by atoms with Crippen LogP contribution in [0.4, 0.5) is 0 Å². The summed E-state index contributed by atoms with van der Waals surface area (Å²) in [6.45, 7) is 4.42. The molecule has 0 spiro atoms. The molecule has 0 radical (unpaired) electrons. The Bertz CT molecular complexity index is 160. The van der Waals surface area contributed by atoms with Gasteiger partial charge in [-0.15, -0.1) is 0 Å². The molecule has 0 bridgehead atoms. The largest absolute Gasteiger partial charge is 1.00 e. The van der Waals surface area contributed by atoms with Crippen molar-refractivity contribution in [1.82, 2.24) is 0 Å². The van der Waals surface area contributed by atoms with Gasteiger partial charge >= 0.3 is 29.6 Å². The Morgan fingerprint density at radius 3 is 2.00 bits per heavy atom. The van der Waals surface area contributed by atoms with Crippen molar-refractivity contribution in [3.63, 3.8) is 0 Å². The van der Waals surface area contributed by atoms with Gasteiger partial charge in [0.05, 0.1) is 0 Å². The zero-order valence-corrected chi connectivity index (χ0v) is 10.9. The van der Waals surface area contributed by atoms with Crippen LogP contribution in [0.3, 0.4) is 0 Å². The van der Waals surface area contributed by atoms with E-state index in [1.165, 1.54) is 0 Å². The third-order valence-electron chi connectivity index (χ3n) is 3.05. The third-order valence-corrected chi connectivity index (χ3v) is 3.05. The minimum Gasteiger partial charge on any atom is -0.550 e. The quantitative estimate of drug-likeness (QED) is 0.484. The van der Waals surface area contributed by atoms with E-state index in [-0.39, 0.29) is 35.5 Å². The zero-order chi connectivity index (χ0) is 9.14. The number of rotatable bonds is 2. The molecule has 0 aromatic rings. The Hall–Kier alpha value is 0.470. The molecule has 1 aliphatic carbocycles. The number of carboxylic acids is 1. The van der Waals surface area contributed by atoms with Crippen molar-refractivity contribution in [3.8, 4) is 0 Å². The van der Waals surface area contributed by atoms with Gasteiger partial charge in [-0.05, 0) is 43.4 Å². The molecule has 70 valence electrons. The van der Waals surface area contributed by atoms with E-state index in [0.717, 1.165) is 31.6 Å². The summed E-state index contributed by atoms with van der Waals surface area (Å²) in [4.78, 5) is 10.5. The van der Waals surface area contributed by atoms with E-state index in [2.05, 4.69) is 13.8 Å². The van der Waals surface area contributed by atoms with Crippen molar-refractivity contribution in [2.75, 3.05) is 0 Å². The van der Waals surface area contributed by atoms with Gasteiger partial charge in [-0.25, -0.2) is 0 Å². The Morgan fingerprint density at radius 2 is 1.69 bits per heavy atom. The molecule has 0 aromatic carbocycles. The Labute approximate surface area is 102 Å². The van der Waals surface area contributed by atoms with Crippen molar-refractivity contribution in [2.24, 2.45) is 17.8 Å². The fourth-order valence-electron chi connectivity index (χ4n) is 2.02. The number of carboxylic acid groups (broad SMARTS) is 1. The first-order valence-electron chi connectivity index (χ1n) is 4.82. The summed E-state index contributed by atoms with van der Waals surface area (Å²) in [6.07, 6.45) is 3.78. The minimum absolute atomic E-state index is 0. The average molecular weight is 192 g/mol. The van der Waals surface area contributed by atoms with Crippen LogP contribution in [-0.4, -0.2) is 5.97 Å². The van der Waals surface area contributed by atoms with Gasteiger partial charge in [-0.1, -0.05) is 13.8 Å². The zero-order valence-electron chi connectivity index (χ0n) is 8.88. The van der Waals surface area contributed by atoms with Gasteiger partial charge in [0.25, 0.3) is 0 Å². The van der Waals surface area contributed by atoms with E-state index < -0.39 is 5.97 Å². The molecular formula is C10H17NaO2. The molecule has 1 rings (SSSR count). The summed E-state index contributed by atoms with van der Waals surface area (Å²) >= 11 is 0. The molecule has 3 heteroatoms. The molecule has 0 saturated heterocycles. The number of hydrogen-bond donors (Lipinski definition) is 0. The van der Waals surface area contributed by atoms with Gasteiger partial charge in [0.2, 0.25) is 0 Å². The molecule has 0 aliphatic heterocycles. The first kappa shape index (κ1) is 13.5. The van der Waals surface area contributed by atoms with Gasteiger partial charge in [0.15, 0.2) is 0 Å². The Morgan fingerprint density at radius 1 is 1.23 bits per heavy atom. The smallest absolute Gasteiger partial charge is 0.550 e. The molecule has 0 unspecified atom stereocenters. The van der Waals surface area contributed by atoms with E-state index in [4.69, 9.17) is 0 Å². The van der Waals surface area contributed by atoms with Crippen LogP contribution >= 0.6 is 0 Å². The maximum Gasteiger partial charge on any atom is 1.00 e. The maximum atomic E-state index is 10.5. The number of hydrogen-bond acceptors (Lipinski definition) is 2. The molecule has 1 saturated carbocycles. The summed E-state index contributed by atoms with van der Waals surface area (Å²) in [6, 6.07) is 0. The van der Waals surface area contributed by atoms with E-state index in [0.29, 0.717) is 5.92 Å². The van der Waals surface area contributed by atoms with Crippen LogP contribution in [0.25, 0.3) is 0 Å². The van der Waals surface area contributed by atoms with Crippen LogP contribution in [0.1, 0.15) is 39.5 Å². The van der Waals surface area contributed by atoms with Gasteiger partial charge in [-0.3, -0.25) is 0 Å². The predicted octanol–water partition coefficient (Wildman–Crippen LogP) is -1.80. The molecule has 1 aliphatic rings. The fraction of sp³-hybridized carbons (Fsp3) is 0.900. The van der Waals surface area contributed by atoms with E-state index in [9.17, 15) is 9.90 Å². The summed E-state index contributed by atoms with van der Waals surface area (Å²) in [5.74, 6) is 0.422. The second kappa shape index (κ2) is 6.05. The first-order chi connectivity index (χ1) is 5.61. The maximum absolute atomic E-state index is 10.5. The average Bonchev–Trinajstić information content (AvgIpc) is 2.04. The molecule has 0 atom stereocenters. The van der Waals surface area contributed by atoms with Crippen LogP contribution in [0.15, 0.2) is 0 Å². The van der Waals surface area contributed by atoms with Crippen LogP contribution in [0.5, 0.6) is 0 Å². The molecule has 0 amide bonds. The van der Waals surface area contributed by atoms with Crippen molar-refractivity contribution in [1.29, 1.82) is 0 Å². The first-order valence-corrected chi connectivity index (χ1v) is 4.82. The van der Waals surface area contributed by atoms with E-state index in [1.807, 2.05) is 0 Å². The van der Waals surface area contributed by atoms with Gasteiger partial charge in [-0.2, -0.15) is 0 Å². The van der Waals surface area contributed by atoms with Gasteiger partial charge in [0, 0.05) is 5.97 Å². The molecule has 0 N–H and O–H groups in total. The summed E-state index contributed by atoms with van der Waals surface area (Å²) in [7, 11) is 0. The van der Waals surface area contributed by atoms with Crippen LogP contribution in [0, 0.1) is 17.8 Å². The monoisotopic (exact) mass is 192 g/mol. The standard InChI is InChI=1S/C10H18O2.Na/c1-7(2)8-3-5-9(6-4-8)10(11)12;/h7-9H,3-6H2,1-2H3,(H,11,12);/q;+1/p-1. The number of carbonyl (C=O) groups excluding carboxylic acids is 1. The summed E-state index contributed by atoms with van der Waals surface area (Å²) in [5.41, 5.74) is 0. The van der Waals surface area contributed by atoms with Crippen LogP contribution in [-0.2, 0) is 4.79 Å². The number of carbonyl (C=O) groups is 1. The molecule has 2 nitrogen and oxygen atoms in total. The number of aliphatic carboxylic acids is 1. The topological polar surface area (TPSA) is 40.1 Å². The second-order valence-corrected chi connectivity index (χ2v) is 4.17. The minimum atomic E-state index is -0.850. The van der Waals surface area contributed by atoms with Crippen molar-refractivity contribution < 1.29 is 39.5 Å². The second-order valence-electron chi connectivity index (χ2n) is 4.17. The van der Waals surface area contributed by atoms with Crippen LogP contribution < -0.4 is 34.7 Å². The van der Waals surface area contributed by atoms with Crippen molar-refractivity contribution in [2.45, 2.75) is 39.5 Å². The van der Waals surface area contributed by atoms with Crippen molar-refractivity contribution >= 4 is 5.97 Å². The summed E-state index contributed by atoms with van der Waals surface area (Å²) in [5, 5.41) is 10.5. The van der Waals surface area contributed by atoms with Gasteiger partial charge in [0.1, 0.15) is 0 Å². The van der Waals surface area contributed by atoms with E-state index >= 15 is 0 Å². The normalized spacial score (nSPS) is 28.2. The molecule has 0 aromatic heterocycles. The Kier molecular flexibility index (Phi) is 6.27. The molecule has 1 fully saturated rings. The predicted molar refractivity (Wildman–Crippen MR) is 45.3 cm³/mol. The molecule has 0 heterocycles. The SMILES string of the molecule is CC(C)C1CCC(C(=O)[O-])CC1.[Na+]. The fourth-order valence-corrected chi connectivity index (χ4v) is 2.02.